The third-order valence-electron chi connectivity index (χ3n) is 6.43. The second-order valence-corrected chi connectivity index (χ2v) is 10.6. The molecule has 0 aromatic heterocycles. The van der Waals surface area contributed by atoms with Gasteiger partial charge in [0.15, 0.2) is 0 Å². The Bertz CT molecular complexity index is 571. The van der Waals surface area contributed by atoms with Crippen LogP contribution in [0.25, 0.3) is 0 Å². The average molecular weight is 379 g/mol. The number of unbranched alkanes of at least 4 members (excludes halogenated alkanes) is 1. The molecule has 0 aromatic rings. The van der Waals surface area contributed by atoms with Crippen LogP contribution in [0.3, 0.4) is 0 Å². The Morgan fingerprint density at radius 2 is 1.70 bits per heavy atom. The van der Waals surface area contributed by atoms with Gasteiger partial charge in [0, 0.05) is 25.4 Å². The standard InChI is InChI=1S/C22H38N2O3/c1-21(2,3)16-10-9-15(13-16)19(26)23-11-7-8-12-24-18(25)14-17(20(24)27)22(4,5)6/h15-17H,7-14H2,1-6H3,(H,23,26). The number of nitrogens with zero attached hydrogens (tertiary/aromatic N) is 1. The summed E-state index contributed by atoms with van der Waals surface area (Å²) in [5, 5.41) is 3.05. The van der Waals surface area contributed by atoms with E-state index < -0.39 is 0 Å². The van der Waals surface area contributed by atoms with E-state index in [-0.39, 0.29) is 40.4 Å². The van der Waals surface area contributed by atoms with Crippen molar-refractivity contribution in [1.29, 1.82) is 0 Å². The van der Waals surface area contributed by atoms with Crippen LogP contribution in [0.15, 0.2) is 0 Å². The van der Waals surface area contributed by atoms with E-state index >= 15 is 0 Å². The van der Waals surface area contributed by atoms with E-state index in [9.17, 15) is 14.4 Å². The molecule has 2 fully saturated rings. The fraction of sp³-hybridized carbons (Fsp3) is 0.864. The van der Waals surface area contributed by atoms with Crippen molar-refractivity contribution in [3.8, 4) is 0 Å². The zero-order chi connectivity index (χ0) is 20.4. The van der Waals surface area contributed by atoms with Crippen LogP contribution in [0.5, 0.6) is 0 Å². The molecule has 1 saturated carbocycles. The lowest BCUT2D eigenvalue weighted by molar-refractivity contribution is -0.140. The number of likely N-dealkylation sites (tertiary alicyclic amines) is 1. The minimum absolute atomic E-state index is 0.0317. The predicted molar refractivity (Wildman–Crippen MR) is 107 cm³/mol. The highest BCUT2D eigenvalue weighted by atomic mass is 16.2. The second kappa shape index (κ2) is 8.32. The van der Waals surface area contributed by atoms with Gasteiger partial charge in [0.2, 0.25) is 17.7 Å². The summed E-state index contributed by atoms with van der Waals surface area (Å²) in [5.74, 6) is 0.643. The number of amides is 3. The molecular weight excluding hydrogens is 340 g/mol. The zero-order valence-electron chi connectivity index (χ0n) is 18.1. The highest BCUT2D eigenvalue weighted by Gasteiger charge is 2.44. The summed E-state index contributed by atoms with van der Waals surface area (Å²) in [6, 6.07) is 0. The number of rotatable bonds is 6. The van der Waals surface area contributed by atoms with Crippen molar-refractivity contribution in [2.24, 2.45) is 28.6 Å². The molecule has 5 heteroatoms. The molecule has 2 rings (SSSR count). The van der Waals surface area contributed by atoms with Crippen LogP contribution in [-0.4, -0.2) is 35.7 Å². The minimum atomic E-state index is -0.206. The number of hydrogen-bond donors (Lipinski definition) is 1. The largest absolute Gasteiger partial charge is 0.356 e. The van der Waals surface area contributed by atoms with E-state index in [1.54, 1.807) is 0 Å². The predicted octanol–water partition coefficient (Wildman–Crippen LogP) is 3.77. The number of imide groups is 1. The maximum atomic E-state index is 12.5. The zero-order valence-corrected chi connectivity index (χ0v) is 18.1. The molecule has 1 aliphatic carbocycles. The van der Waals surface area contributed by atoms with Crippen molar-refractivity contribution in [2.75, 3.05) is 13.1 Å². The molecule has 0 spiro atoms. The molecule has 3 amide bonds. The van der Waals surface area contributed by atoms with E-state index in [1.165, 1.54) is 4.90 Å². The van der Waals surface area contributed by atoms with Gasteiger partial charge < -0.3 is 5.32 Å². The Morgan fingerprint density at radius 3 is 2.22 bits per heavy atom. The van der Waals surface area contributed by atoms with Crippen molar-refractivity contribution in [1.82, 2.24) is 10.2 Å². The maximum Gasteiger partial charge on any atom is 0.233 e. The van der Waals surface area contributed by atoms with Gasteiger partial charge in [0.05, 0.1) is 5.92 Å². The quantitative estimate of drug-likeness (QED) is 0.565. The Labute approximate surface area is 164 Å². The van der Waals surface area contributed by atoms with Crippen molar-refractivity contribution in [2.45, 2.75) is 80.1 Å². The van der Waals surface area contributed by atoms with E-state index in [0.29, 0.717) is 25.4 Å². The highest BCUT2D eigenvalue weighted by Crippen LogP contribution is 2.42. The number of carbonyl (C=O) groups is 3. The fourth-order valence-electron chi connectivity index (χ4n) is 4.35. The first-order chi connectivity index (χ1) is 12.4. The van der Waals surface area contributed by atoms with Gasteiger partial charge in [0.25, 0.3) is 0 Å². The van der Waals surface area contributed by atoms with Crippen molar-refractivity contribution < 1.29 is 14.4 Å². The molecule has 0 radical (unpaired) electrons. The Kier molecular flexibility index (Phi) is 6.75. The minimum Gasteiger partial charge on any atom is -0.356 e. The van der Waals surface area contributed by atoms with Crippen molar-refractivity contribution in [3.05, 3.63) is 0 Å². The normalized spacial score (nSPS) is 26.7. The van der Waals surface area contributed by atoms with E-state index in [0.717, 1.165) is 32.1 Å². The molecule has 1 saturated heterocycles. The SMILES string of the molecule is CC(C)(C)C1CCC(C(=O)NCCCCN2C(=O)CC(C(C)(C)C)C2=O)C1. The maximum absolute atomic E-state index is 12.5. The summed E-state index contributed by atoms with van der Waals surface area (Å²) in [5.41, 5.74) is 0.0937. The van der Waals surface area contributed by atoms with Crippen molar-refractivity contribution in [3.63, 3.8) is 0 Å². The molecule has 0 bridgehead atoms. The first-order valence-electron chi connectivity index (χ1n) is 10.5. The highest BCUT2D eigenvalue weighted by molar-refractivity contribution is 6.03. The Balaban J connectivity index is 1.67. The molecule has 154 valence electrons. The monoisotopic (exact) mass is 378 g/mol. The van der Waals surface area contributed by atoms with E-state index in [4.69, 9.17) is 0 Å². The Hall–Kier alpha value is -1.39. The lowest BCUT2D eigenvalue weighted by Crippen LogP contribution is -2.35. The van der Waals surface area contributed by atoms with Gasteiger partial charge in [-0.05, 0) is 48.9 Å². The fourth-order valence-corrected chi connectivity index (χ4v) is 4.35. The van der Waals surface area contributed by atoms with Crippen molar-refractivity contribution >= 4 is 17.7 Å². The van der Waals surface area contributed by atoms with Crippen LogP contribution < -0.4 is 5.32 Å². The van der Waals surface area contributed by atoms with E-state index in [2.05, 4.69) is 26.1 Å². The van der Waals surface area contributed by atoms with Crippen LogP contribution in [0, 0.1) is 28.6 Å². The van der Waals surface area contributed by atoms with Crippen LogP contribution >= 0.6 is 0 Å². The topological polar surface area (TPSA) is 66.5 Å². The lowest BCUT2D eigenvalue weighted by atomic mass is 9.79. The average Bonchev–Trinajstić information content (AvgIpc) is 3.13. The van der Waals surface area contributed by atoms with Crippen LogP contribution in [0.4, 0.5) is 0 Å². The molecule has 1 N–H and O–H groups in total. The van der Waals surface area contributed by atoms with Gasteiger partial charge in [0.1, 0.15) is 0 Å². The van der Waals surface area contributed by atoms with Crippen LogP contribution in [-0.2, 0) is 14.4 Å². The summed E-state index contributed by atoms with van der Waals surface area (Å²) < 4.78 is 0. The van der Waals surface area contributed by atoms with Gasteiger partial charge >= 0.3 is 0 Å². The van der Waals surface area contributed by atoms with Gasteiger partial charge in [-0.2, -0.15) is 0 Å². The first-order valence-corrected chi connectivity index (χ1v) is 10.5. The molecule has 1 heterocycles. The third-order valence-corrected chi connectivity index (χ3v) is 6.43. The molecule has 27 heavy (non-hydrogen) atoms. The summed E-state index contributed by atoms with van der Waals surface area (Å²) in [6.45, 7) is 13.9. The third kappa shape index (κ3) is 5.55. The summed E-state index contributed by atoms with van der Waals surface area (Å²) in [6.07, 6.45) is 4.97. The lowest BCUT2D eigenvalue weighted by Gasteiger charge is -2.26. The smallest absolute Gasteiger partial charge is 0.233 e. The molecule has 3 unspecified atom stereocenters. The first kappa shape index (κ1) is 21.9. The number of hydrogen-bond acceptors (Lipinski definition) is 3. The van der Waals surface area contributed by atoms with Gasteiger partial charge in [-0.15, -0.1) is 0 Å². The van der Waals surface area contributed by atoms with Crippen LogP contribution in [0.1, 0.15) is 80.1 Å². The molecule has 0 aromatic carbocycles. The van der Waals surface area contributed by atoms with Gasteiger partial charge in [-0.3, -0.25) is 19.3 Å². The molecule has 3 atom stereocenters. The van der Waals surface area contributed by atoms with E-state index in [1.807, 2.05) is 20.8 Å². The molecule has 5 nitrogen and oxygen atoms in total. The Morgan fingerprint density at radius 1 is 1.04 bits per heavy atom. The summed E-state index contributed by atoms with van der Waals surface area (Å²) in [7, 11) is 0. The van der Waals surface area contributed by atoms with Gasteiger partial charge in [-0.25, -0.2) is 0 Å². The number of carbonyl (C=O) groups excluding carboxylic acids is 3. The molecular formula is C22H38N2O3. The summed E-state index contributed by atoms with van der Waals surface area (Å²) >= 11 is 0. The van der Waals surface area contributed by atoms with Gasteiger partial charge in [-0.1, -0.05) is 41.5 Å². The second-order valence-electron chi connectivity index (χ2n) is 10.6. The van der Waals surface area contributed by atoms with Crippen LogP contribution in [0.2, 0.25) is 0 Å². The summed E-state index contributed by atoms with van der Waals surface area (Å²) in [4.78, 5) is 38.4. The molecule has 1 aliphatic heterocycles. The number of nitrogens with one attached hydrogen (secondary N) is 1. The molecule has 2 aliphatic rings.